The van der Waals surface area contributed by atoms with Crippen molar-refractivity contribution in [1.29, 1.82) is 0 Å². The Morgan fingerprint density at radius 2 is 1.84 bits per heavy atom. The Hall–Kier alpha value is -1.76. The first-order valence-electron chi connectivity index (χ1n) is 10.4. The van der Waals surface area contributed by atoms with Crippen molar-refractivity contribution in [3.05, 3.63) is 81.4 Å². The van der Waals surface area contributed by atoms with Crippen LogP contribution in [0.25, 0.3) is 10.4 Å². The van der Waals surface area contributed by atoms with Crippen molar-refractivity contribution < 1.29 is 19.3 Å². The van der Waals surface area contributed by atoms with Gasteiger partial charge in [0, 0.05) is 33.0 Å². The first kappa shape index (κ1) is 22.4. The first-order valence-corrected chi connectivity index (χ1v) is 11.6. The highest BCUT2D eigenvalue weighted by Crippen LogP contribution is 2.43. The zero-order valence-electron chi connectivity index (χ0n) is 17.5. The van der Waals surface area contributed by atoms with E-state index in [1.165, 1.54) is 12.1 Å². The lowest BCUT2D eigenvalue weighted by atomic mass is 9.81. The fourth-order valence-corrected chi connectivity index (χ4v) is 5.60. The summed E-state index contributed by atoms with van der Waals surface area (Å²) in [6.45, 7) is 4.15. The van der Waals surface area contributed by atoms with Gasteiger partial charge in [-0.1, -0.05) is 49.7 Å². The lowest BCUT2D eigenvalue weighted by Crippen LogP contribution is -2.33. The molecule has 3 nitrogen and oxygen atoms in total. The predicted octanol–water partition coefficient (Wildman–Crippen LogP) is 6.11. The third-order valence-electron chi connectivity index (χ3n) is 5.97. The van der Waals surface area contributed by atoms with Crippen LogP contribution in [0.2, 0.25) is 5.02 Å². The second-order valence-electron chi connectivity index (χ2n) is 8.59. The lowest BCUT2D eigenvalue weighted by molar-refractivity contribution is -0.113. The Kier molecular flexibility index (Phi) is 6.52. The molecule has 2 heterocycles. The molecule has 1 fully saturated rings. The van der Waals surface area contributed by atoms with Gasteiger partial charge in [-0.2, -0.15) is 0 Å². The molecule has 0 amide bonds. The van der Waals surface area contributed by atoms with Crippen LogP contribution in [0.15, 0.2) is 54.6 Å². The Morgan fingerprint density at radius 1 is 1.10 bits per heavy atom. The number of ether oxygens (including phenoxy) is 1. The molecule has 2 unspecified atom stereocenters. The molecule has 164 valence electrons. The summed E-state index contributed by atoms with van der Waals surface area (Å²) in [4.78, 5) is 2.21. The van der Waals surface area contributed by atoms with Crippen LogP contribution in [0, 0.1) is 5.82 Å². The number of benzene rings is 2. The molecular weight excluding hydrogens is 435 g/mol. The third kappa shape index (κ3) is 4.71. The highest BCUT2D eigenvalue weighted by Gasteiger charge is 2.32. The maximum atomic E-state index is 13.3. The SMILES string of the molecule is CC(C)(c1ccc(-c2ccc(F)cc2)s1)c1cc([C@H]2CC(O)CC(CO)O2)ccc1Cl. The summed E-state index contributed by atoms with van der Waals surface area (Å²) < 4.78 is 19.3. The number of aliphatic hydroxyl groups is 2. The van der Waals surface area contributed by atoms with Crippen molar-refractivity contribution in [2.24, 2.45) is 0 Å². The van der Waals surface area contributed by atoms with Gasteiger partial charge in [-0.25, -0.2) is 4.39 Å². The molecule has 0 bridgehead atoms. The monoisotopic (exact) mass is 460 g/mol. The zero-order valence-corrected chi connectivity index (χ0v) is 19.1. The van der Waals surface area contributed by atoms with Crippen LogP contribution >= 0.6 is 22.9 Å². The number of hydrogen-bond acceptors (Lipinski definition) is 4. The summed E-state index contributed by atoms with van der Waals surface area (Å²) in [5.41, 5.74) is 2.54. The highest BCUT2D eigenvalue weighted by atomic mass is 35.5. The summed E-state index contributed by atoms with van der Waals surface area (Å²) in [6.07, 6.45) is -0.215. The van der Waals surface area contributed by atoms with Gasteiger partial charge >= 0.3 is 0 Å². The van der Waals surface area contributed by atoms with E-state index in [1.807, 2.05) is 12.1 Å². The van der Waals surface area contributed by atoms with Gasteiger partial charge in [-0.3, -0.25) is 0 Å². The highest BCUT2D eigenvalue weighted by molar-refractivity contribution is 7.15. The van der Waals surface area contributed by atoms with Gasteiger partial charge in [0.1, 0.15) is 5.82 Å². The lowest BCUT2D eigenvalue weighted by Gasteiger charge is -2.33. The van der Waals surface area contributed by atoms with Gasteiger partial charge in [0.15, 0.2) is 0 Å². The molecule has 0 spiro atoms. The molecule has 3 aromatic rings. The molecule has 1 aliphatic rings. The van der Waals surface area contributed by atoms with E-state index in [4.69, 9.17) is 16.3 Å². The van der Waals surface area contributed by atoms with Gasteiger partial charge in [0.2, 0.25) is 0 Å². The number of thiophene rings is 1. The molecule has 1 saturated heterocycles. The van der Waals surface area contributed by atoms with Crippen LogP contribution in [0.4, 0.5) is 4.39 Å². The van der Waals surface area contributed by atoms with E-state index in [0.717, 1.165) is 26.4 Å². The van der Waals surface area contributed by atoms with Crippen molar-refractivity contribution in [2.75, 3.05) is 6.61 Å². The summed E-state index contributed by atoms with van der Waals surface area (Å²) in [6, 6.07) is 16.5. The zero-order chi connectivity index (χ0) is 22.2. The predicted molar refractivity (Wildman–Crippen MR) is 123 cm³/mol. The van der Waals surface area contributed by atoms with Crippen molar-refractivity contribution in [3.8, 4) is 10.4 Å². The molecule has 1 aromatic heterocycles. The average Bonchev–Trinajstić information content (AvgIpc) is 3.25. The van der Waals surface area contributed by atoms with Crippen molar-refractivity contribution >= 4 is 22.9 Å². The van der Waals surface area contributed by atoms with Crippen LogP contribution in [0.1, 0.15) is 48.8 Å². The fraction of sp³-hybridized carbons (Fsp3) is 0.360. The minimum absolute atomic E-state index is 0.110. The number of rotatable bonds is 5. The normalized spacial score (nSPS) is 21.9. The minimum Gasteiger partial charge on any atom is -0.394 e. The maximum absolute atomic E-state index is 13.3. The summed E-state index contributed by atoms with van der Waals surface area (Å²) in [7, 11) is 0. The van der Waals surface area contributed by atoms with E-state index in [0.29, 0.717) is 17.9 Å². The van der Waals surface area contributed by atoms with E-state index >= 15 is 0 Å². The van der Waals surface area contributed by atoms with Crippen molar-refractivity contribution in [2.45, 2.75) is 50.4 Å². The molecule has 0 saturated carbocycles. The molecule has 0 radical (unpaired) electrons. The molecule has 0 aliphatic carbocycles. The van der Waals surface area contributed by atoms with Crippen LogP contribution in [-0.2, 0) is 10.2 Å². The quantitative estimate of drug-likeness (QED) is 0.483. The molecule has 2 aromatic carbocycles. The van der Waals surface area contributed by atoms with E-state index in [-0.39, 0.29) is 30.0 Å². The Morgan fingerprint density at radius 3 is 2.55 bits per heavy atom. The second kappa shape index (κ2) is 9.00. The summed E-state index contributed by atoms with van der Waals surface area (Å²) in [5.74, 6) is -0.247. The number of hydrogen-bond donors (Lipinski definition) is 2. The summed E-state index contributed by atoms with van der Waals surface area (Å²) >= 11 is 8.29. The first-order chi connectivity index (χ1) is 14.8. The van der Waals surface area contributed by atoms with Gasteiger partial charge < -0.3 is 14.9 Å². The second-order valence-corrected chi connectivity index (χ2v) is 10.1. The number of halogens is 2. The van der Waals surface area contributed by atoms with Crippen molar-refractivity contribution in [1.82, 2.24) is 0 Å². The van der Waals surface area contributed by atoms with Gasteiger partial charge in [-0.05, 0) is 47.0 Å². The largest absolute Gasteiger partial charge is 0.394 e. The Bertz CT molecular complexity index is 1050. The molecule has 4 rings (SSSR count). The minimum atomic E-state index is -0.501. The molecule has 31 heavy (non-hydrogen) atoms. The molecule has 6 heteroatoms. The molecular formula is C25H26ClFO3S. The smallest absolute Gasteiger partial charge is 0.123 e. The average molecular weight is 461 g/mol. The maximum Gasteiger partial charge on any atom is 0.123 e. The molecule has 2 N–H and O–H groups in total. The Labute approximate surface area is 191 Å². The van der Waals surface area contributed by atoms with Gasteiger partial charge in [0.05, 0.1) is 24.9 Å². The number of aliphatic hydroxyl groups excluding tert-OH is 2. The van der Waals surface area contributed by atoms with E-state index < -0.39 is 6.10 Å². The topological polar surface area (TPSA) is 49.7 Å². The van der Waals surface area contributed by atoms with E-state index in [9.17, 15) is 14.6 Å². The van der Waals surface area contributed by atoms with Crippen LogP contribution in [0.5, 0.6) is 0 Å². The van der Waals surface area contributed by atoms with E-state index in [1.54, 1.807) is 23.5 Å². The molecule has 1 aliphatic heterocycles. The van der Waals surface area contributed by atoms with Gasteiger partial charge in [-0.15, -0.1) is 11.3 Å². The van der Waals surface area contributed by atoms with Crippen LogP contribution in [0.3, 0.4) is 0 Å². The standard InChI is InChI=1S/C25H26ClFO3S/c1-25(2,24-10-9-23(31-24)15-3-6-17(27)7-4-15)20-11-16(5-8-21(20)26)22-13-18(29)12-19(14-28)30-22/h3-11,18-19,22,28-29H,12-14H2,1-2H3/t18?,19?,22-/m1/s1. The third-order valence-corrected chi connectivity index (χ3v) is 7.76. The van der Waals surface area contributed by atoms with Gasteiger partial charge in [0.25, 0.3) is 0 Å². The van der Waals surface area contributed by atoms with Crippen LogP contribution in [-0.4, -0.2) is 29.0 Å². The molecule has 3 atom stereocenters. The van der Waals surface area contributed by atoms with Crippen LogP contribution < -0.4 is 0 Å². The van der Waals surface area contributed by atoms with E-state index in [2.05, 4.69) is 32.0 Å². The summed E-state index contributed by atoms with van der Waals surface area (Å²) in [5, 5.41) is 20.3. The fourth-order valence-electron chi connectivity index (χ4n) is 4.12. The Balaban J connectivity index is 1.65. The van der Waals surface area contributed by atoms with Crippen molar-refractivity contribution in [3.63, 3.8) is 0 Å².